The highest BCUT2D eigenvalue weighted by Crippen LogP contribution is 2.53. The highest BCUT2D eigenvalue weighted by atomic mass is 15.2. The Hall–Kier alpha value is -5.48. The van der Waals surface area contributed by atoms with Gasteiger partial charge >= 0.3 is 0 Å². The summed E-state index contributed by atoms with van der Waals surface area (Å²) in [5, 5.41) is 2.67. The van der Waals surface area contributed by atoms with E-state index in [0.29, 0.717) is 5.92 Å². The van der Waals surface area contributed by atoms with Crippen LogP contribution in [-0.2, 0) is 0 Å². The van der Waals surface area contributed by atoms with Crippen LogP contribution in [0, 0.1) is 0 Å². The Morgan fingerprint density at radius 1 is 0.674 bits per heavy atom. The molecule has 6 aromatic rings. The molecule has 4 heteroatoms. The van der Waals surface area contributed by atoms with Gasteiger partial charge in [0.05, 0.1) is 17.6 Å². The van der Waals surface area contributed by atoms with E-state index in [9.17, 15) is 0 Å². The number of nitrogens with zero attached hydrogens (tertiary/aromatic N) is 3. The Bertz CT molecular complexity index is 2510. The van der Waals surface area contributed by atoms with Crippen LogP contribution in [-0.4, -0.2) is 23.4 Å². The molecule has 214 valence electrons. The van der Waals surface area contributed by atoms with Crippen LogP contribution >= 0.6 is 0 Å². The van der Waals surface area contributed by atoms with Crippen molar-refractivity contribution in [2.24, 2.45) is 0 Å². The van der Waals surface area contributed by atoms with E-state index in [1.165, 1.54) is 83.3 Å². The van der Waals surface area contributed by atoms with Gasteiger partial charge in [-0.1, -0.05) is 115 Å². The average Bonchev–Trinajstić information content (AvgIpc) is 3.76. The van der Waals surface area contributed by atoms with Gasteiger partial charge in [0, 0.05) is 56.2 Å². The Morgan fingerprint density at radius 2 is 1.50 bits per heavy atom. The first-order chi connectivity index (χ1) is 22.9. The van der Waals surface area contributed by atoms with Crippen molar-refractivity contribution in [3.8, 4) is 5.69 Å². The van der Waals surface area contributed by atoms with Crippen molar-refractivity contribution in [2.75, 3.05) is 9.80 Å². The number of allylic oxidation sites excluding steroid dienone is 4. The van der Waals surface area contributed by atoms with E-state index >= 15 is 0 Å². The molecule has 5 heterocycles. The van der Waals surface area contributed by atoms with Gasteiger partial charge in [0.1, 0.15) is 0 Å². The number of hydrogen-bond acceptors (Lipinski definition) is 2. The molecule has 12 rings (SSSR count). The summed E-state index contributed by atoms with van der Waals surface area (Å²) in [6, 6.07) is 37.7. The van der Waals surface area contributed by atoms with Crippen molar-refractivity contribution >= 4 is 73.2 Å². The number of anilines is 4. The zero-order valence-electron chi connectivity index (χ0n) is 25.1. The van der Waals surface area contributed by atoms with Crippen molar-refractivity contribution in [1.82, 2.24) is 4.57 Å². The molecule has 0 radical (unpaired) electrons. The summed E-state index contributed by atoms with van der Waals surface area (Å²) < 4.78 is 2.59. The SMILES string of the molecule is C1=CCC2C(=C1)c1ccccc1N2c1cc2c3c(c1)-n1c4ccccc4c4cccc(c41)B3c1cccc3c1N2C1C=CC=CC31. The molecular weight excluding hydrogens is 557 g/mol. The van der Waals surface area contributed by atoms with Crippen molar-refractivity contribution in [2.45, 2.75) is 24.4 Å². The fourth-order valence-corrected chi connectivity index (χ4v) is 9.90. The zero-order valence-corrected chi connectivity index (χ0v) is 25.1. The molecule has 4 aliphatic heterocycles. The van der Waals surface area contributed by atoms with Gasteiger partial charge in [0.25, 0.3) is 6.71 Å². The maximum Gasteiger partial charge on any atom is 0.252 e. The number of para-hydroxylation sites is 4. The number of benzene rings is 5. The van der Waals surface area contributed by atoms with Crippen molar-refractivity contribution < 1.29 is 0 Å². The molecule has 3 nitrogen and oxygen atoms in total. The Labute approximate surface area is 267 Å². The second kappa shape index (κ2) is 8.21. The van der Waals surface area contributed by atoms with E-state index < -0.39 is 0 Å². The van der Waals surface area contributed by atoms with Crippen LogP contribution in [0.2, 0.25) is 0 Å². The van der Waals surface area contributed by atoms with Crippen LogP contribution in [0.1, 0.15) is 23.5 Å². The second-order valence-corrected chi connectivity index (χ2v) is 13.6. The smallest absolute Gasteiger partial charge is 0.252 e. The summed E-state index contributed by atoms with van der Waals surface area (Å²) in [5.74, 6) is 0.348. The van der Waals surface area contributed by atoms with Gasteiger partial charge in [0.15, 0.2) is 0 Å². The molecule has 5 aromatic carbocycles. The molecule has 2 aliphatic carbocycles. The largest absolute Gasteiger partial charge is 0.334 e. The molecule has 6 aliphatic rings. The Balaban J connectivity index is 1.24. The Morgan fingerprint density at radius 3 is 2.50 bits per heavy atom. The summed E-state index contributed by atoms with van der Waals surface area (Å²) >= 11 is 0. The van der Waals surface area contributed by atoms with Crippen LogP contribution in [0.4, 0.5) is 22.7 Å². The molecule has 0 saturated heterocycles. The maximum atomic E-state index is 2.70. The van der Waals surface area contributed by atoms with Gasteiger partial charge in [-0.05, 0) is 58.2 Å². The number of rotatable bonds is 1. The van der Waals surface area contributed by atoms with Crippen LogP contribution in [0.25, 0.3) is 33.1 Å². The number of hydrogen-bond donors (Lipinski definition) is 0. The summed E-state index contributed by atoms with van der Waals surface area (Å²) in [4.78, 5) is 5.33. The van der Waals surface area contributed by atoms with Crippen LogP contribution in [0.3, 0.4) is 0 Å². The molecule has 0 N–H and O–H groups in total. The number of fused-ring (bicyclic) bond motifs is 13. The Kier molecular flexibility index (Phi) is 4.26. The average molecular weight is 586 g/mol. The van der Waals surface area contributed by atoms with E-state index in [0.717, 1.165) is 6.42 Å². The van der Waals surface area contributed by atoms with Crippen molar-refractivity contribution in [3.05, 3.63) is 151 Å². The van der Waals surface area contributed by atoms with Gasteiger partial charge in [-0.3, -0.25) is 0 Å². The molecule has 3 unspecified atom stereocenters. The molecule has 3 atom stereocenters. The quantitative estimate of drug-likeness (QED) is 0.185. The fourth-order valence-electron chi connectivity index (χ4n) is 9.90. The summed E-state index contributed by atoms with van der Waals surface area (Å²) in [7, 11) is 0. The minimum atomic E-state index is 0.179. The van der Waals surface area contributed by atoms with Gasteiger partial charge < -0.3 is 14.4 Å². The van der Waals surface area contributed by atoms with E-state index in [1.54, 1.807) is 0 Å². The summed E-state index contributed by atoms with van der Waals surface area (Å²) in [6.45, 7) is 0.179. The first kappa shape index (κ1) is 23.8. The third-order valence-electron chi connectivity index (χ3n) is 11.6. The minimum absolute atomic E-state index is 0.179. The maximum absolute atomic E-state index is 2.70. The monoisotopic (exact) mass is 585 g/mol. The van der Waals surface area contributed by atoms with Gasteiger partial charge in [-0.2, -0.15) is 0 Å². The second-order valence-electron chi connectivity index (χ2n) is 13.6. The first-order valence-electron chi connectivity index (χ1n) is 16.6. The van der Waals surface area contributed by atoms with Gasteiger partial charge in [-0.15, -0.1) is 0 Å². The van der Waals surface area contributed by atoms with Gasteiger partial charge in [-0.25, -0.2) is 0 Å². The molecule has 1 aromatic heterocycles. The molecule has 46 heavy (non-hydrogen) atoms. The highest BCUT2D eigenvalue weighted by Gasteiger charge is 2.49. The third kappa shape index (κ3) is 2.67. The normalized spacial score (nSPS) is 21.8. The van der Waals surface area contributed by atoms with Crippen LogP contribution in [0.15, 0.2) is 140 Å². The lowest BCUT2D eigenvalue weighted by atomic mass is 9.34. The van der Waals surface area contributed by atoms with Crippen molar-refractivity contribution in [1.29, 1.82) is 0 Å². The number of aromatic nitrogens is 1. The van der Waals surface area contributed by atoms with E-state index in [2.05, 4.69) is 154 Å². The van der Waals surface area contributed by atoms with Crippen molar-refractivity contribution in [3.63, 3.8) is 0 Å². The predicted octanol–water partition coefficient (Wildman–Crippen LogP) is 7.52. The molecule has 0 bridgehead atoms. The zero-order chi connectivity index (χ0) is 29.7. The minimum Gasteiger partial charge on any atom is -0.334 e. The fraction of sp³-hybridized carbons (Fsp3) is 0.0952. The first-order valence-corrected chi connectivity index (χ1v) is 16.6. The standard InChI is InChI=1S/C42H28BN3/c1-5-19-34-26(11-1)27-12-2-6-20-35(27)44(34)25-23-38-40-39(24-25)46-37-22-8-4-14-29(37)31-16-10-18-33(42(31)46)43(40)32-17-9-15-30-28-13-3-7-21-36(28)45(38)41(30)32/h1-19,21-24,28,35-36H,20H2. The van der Waals surface area contributed by atoms with E-state index in [4.69, 9.17) is 0 Å². The molecule has 0 saturated carbocycles. The summed E-state index contributed by atoms with van der Waals surface area (Å²) in [6.07, 6.45) is 17.2. The summed E-state index contributed by atoms with van der Waals surface area (Å²) in [5.41, 5.74) is 17.8. The van der Waals surface area contributed by atoms with Crippen LogP contribution < -0.4 is 26.2 Å². The molecule has 0 spiro atoms. The molecule has 0 amide bonds. The lowest BCUT2D eigenvalue weighted by Crippen LogP contribution is -2.61. The third-order valence-corrected chi connectivity index (χ3v) is 11.6. The van der Waals surface area contributed by atoms with E-state index in [-0.39, 0.29) is 18.8 Å². The molecular formula is C42H28BN3. The van der Waals surface area contributed by atoms with Gasteiger partial charge in [0.2, 0.25) is 0 Å². The topological polar surface area (TPSA) is 11.4 Å². The van der Waals surface area contributed by atoms with Crippen LogP contribution in [0.5, 0.6) is 0 Å². The highest BCUT2D eigenvalue weighted by molar-refractivity contribution is 7.00. The van der Waals surface area contributed by atoms with E-state index in [1.807, 2.05) is 0 Å². The predicted molar refractivity (Wildman–Crippen MR) is 193 cm³/mol. The molecule has 0 fully saturated rings. The lowest BCUT2D eigenvalue weighted by molar-refractivity contribution is 0.745. The lowest BCUT2D eigenvalue weighted by Gasteiger charge is -2.42.